The van der Waals surface area contributed by atoms with Gasteiger partial charge in [0, 0.05) is 22.8 Å². The van der Waals surface area contributed by atoms with Gasteiger partial charge in [-0.3, -0.25) is 14.5 Å². The topological polar surface area (TPSA) is 111 Å². The fourth-order valence-corrected chi connectivity index (χ4v) is 7.23. The van der Waals surface area contributed by atoms with Crippen molar-refractivity contribution in [1.82, 2.24) is 10.2 Å². The number of benzene rings is 3. The summed E-state index contributed by atoms with van der Waals surface area (Å²) in [6.07, 6.45) is 0.680. The Morgan fingerprint density at radius 2 is 1.91 bits per heavy atom. The largest absolute Gasteiger partial charge is 0.507 e. The highest BCUT2D eigenvalue weighted by Gasteiger charge is 2.48. The van der Waals surface area contributed by atoms with Gasteiger partial charge in [-0.2, -0.15) is 0 Å². The zero-order valence-electron chi connectivity index (χ0n) is 24.1. The summed E-state index contributed by atoms with van der Waals surface area (Å²) < 4.78 is 17.7. The van der Waals surface area contributed by atoms with E-state index in [4.69, 9.17) is 25.8 Å². The van der Waals surface area contributed by atoms with E-state index in [2.05, 4.69) is 10.2 Å². The summed E-state index contributed by atoms with van der Waals surface area (Å²) in [5, 5.41) is 21.1. The Kier molecular flexibility index (Phi) is 8.53. The molecule has 1 aromatic heterocycles. The van der Waals surface area contributed by atoms with Crippen molar-refractivity contribution in [3.05, 3.63) is 93.5 Å². The van der Waals surface area contributed by atoms with Crippen LogP contribution in [0.1, 0.15) is 42.1 Å². The number of fused-ring (bicyclic) bond motifs is 1. The minimum atomic E-state index is -0.995. The first-order valence-electron chi connectivity index (χ1n) is 13.9. The normalized spacial score (nSPS) is 18.8. The molecule has 1 amide bonds. The summed E-state index contributed by atoms with van der Waals surface area (Å²) in [7, 11) is 1.51. The molecular weight excluding hydrogens is 622 g/mol. The first-order valence-corrected chi connectivity index (χ1v) is 16.1. The molecule has 226 valence electrons. The van der Waals surface area contributed by atoms with E-state index in [1.54, 1.807) is 36.4 Å². The van der Waals surface area contributed by atoms with Gasteiger partial charge in [-0.05, 0) is 73.0 Å². The number of anilines is 1. The summed E-state index contributed by atoms with van der Waals surface area (Å²) in [6, 6.07) is 16.9. The highest BCUT2D eigenvalue weighted by Crippen LogP contribution is 2.46. The average Bonchev–Trinajstić information content (AvgIpc) is 3.71. The molecule has 0 spiro atoms. The first-order chi connectivity index (χ1) is 21.3. The Morgan fingerprint density at radius 3 is 2.66 bits per heavy atom. The molecule has 1 fully saturated rings. The number of carbonyl (C=O) groups excluding carboxylic acids is 2. The van der Waals surface area contributed by atoms with Gasteiger partial charge in [-0.15, -0.1) is 10.2 Å². The first kappa shape index (κ1) is 30.0. The molecule has 0 saturated carbocycles. The summed E-state index contributed by atoms with van der Waals surface area (Å²) >= 11 is 8.66. The lowest BCUT2D eigenvalue weighted by Gasteiger charge is -2.23. The molecule has 4 aromatic rings. The van der Waals surface area contributed by atoms with Crippen molar-refractivity contribution >= 4 is 57.3 Å². The molecule has 1 N–H and O–H groups in total. The molecule has 0 aliphatic carbocycles. The van der Waals surface area contributed by atoms with Gasteiger partial charge >= 0.3 is 5.91 Å². The number of thioether (sulfide) groups is 1. The molecule has 3 aromatic carbocycles. The molecule has 6 rings (SSSR count). The predicted molar refractivity (Wildman–Crippen MR) is 170 cm³/mol. The van der Waals surface area contributed by atoms with E-state index in [-0.39, 0.29) is 22.6 Å². The molecular formula is C32H28ClN3O6S2. The molecule has 2 unspecified atom stereocenters. The fourth-order valence-electron chi connectivity index (χ4n) is 5.28. The number of nitrogens with zero attached hydrogens (tertiary/aromatic N) is 3. The summed E-state index contributed by atoms with van der Waals surface area (Å²) in [5.41, 5.74) is 2.86. The monoisotopic (exact) mass is 649 g/mol. The Balaban J connectivity index is 1.41. The number of amides is 1. The van der Waals surface area contributed by atoms with Gasteiger partial charge in [-0.25, -0.2) is 0 Å². The minimum Gasteiger partial charge on any atom is -0.507 e. The summed E-state index contributed by atoms with van der Waals surface area (Å²) in [6.45, 7) is 4.26. The third kappa shape index (κ3) is 5.74. The second-order valence-corrected chi connectivity index (χ2v) is 12.8. The zero-order valence-corrected chi connectivity index (χ0v) is 26.5. The predicted octanol–water partition coefficient (Wildman–Crippen LogP) is 6.84. The number of methoxy groups -OCH3 is 1. The second-order valence-electron chi connectivity index (χ2n) is 10.2. The maximum atomic E-state index is 13.7. The highest BCUT2D eigenvalue weighted by molar-refractivity contribution is 8.00. The Morgan fingerprint density at radius 1 is 1.11 bits per heavy atom. The van der Waals surface area contributed by atoms with Crippen molar-refractivity contribution in [2.45, 2.75) is 42.5 Å². The Bertz CT molecular complexity index is 1770. The number of aromatic nitrogens is 2. The van der Waals surface area contributed by atoms with E-state index in [0.29, 0.717) is 50.8 Å². The van der Waals surface area contributed by atoms with E-state index >= 15 is 0 Å². The quantitative estimate of drug-likeness (QED) is 0.0685. The lowest BCUT2D eigenvalue weighted by Crippen LogP contribution is -2.29. The van der Waals surface area contributed by atoms with Gasteiger partial charge < -0.3 is 19.3 Å². The summed E-state index contributed by atoms with van der Waals surface area (Å²) in [4.78, 5) is 28.7. The van der Waals surface area contributed by atoms with Crippen LogP contribution in [0.3, 0.4) is 0 Å². The van der Waals surface area contributed by atoms with Crippen molar-refractivity contribution in [2.24, 2.45) is 0 Å². The van der Waals surface area contributed by atoms with Crippen LogP contribution >= 0.6 is 34.7 Å². The van der Waals surface area contributed by atoms with Gasteiger partial charge in [0.05, 0.1) is 25.3 Å². The molecule has 2 atom stereocenters. The lowest BCUT2D eigenvalue weighted by atomic mass is 9.94. The Labute approximate surface area is 267 Å². The molecule has 44 heavy (non-hydrogen) atoms. The number of hydrogen-bond donors (Lipinski definition) is 1. The van der Waals surface area contributed by atoms with Gasteiger partial charge in [-0.1, -0.05) is 52.9 Å². The van der Waals surface area contributed by atoms with Crippen LogP contribution < -0.4 is 19.1 Å². The van der Waals surface area contributed by atoms with Crippen LogP contribution in [0.4, 0.5) is 5.13 Å². The number of rotatable bonds is 9. The van der Waals surface area contributed by atoms with Crippen LogP contribution in [0.25, 0.3) is 5.76 Å². The van der Waals surface area contributed by atoms with Crippen molar-refractivity contribution < 1.29 is 28.9 Å². The summed E-state index contributed by atoms with van der Waals surface area (Å²) in [5.74, 6) is 0.372. The molecule has 12 heteroatoms. The number of Topliss-reactive ketones (excluding diaryl/α,β-unsaturated/α-hetero) is 1. The SMILES string of the molecule is CCOc1ccc(C2/C(=C(\O)c3ccc4c(c3)CC(C)O4)C(=O)C(=O)N2c2nnc(SCc3ccc(Cl)cc3)s2)cc1OC. The zero-order chi connectivity index (χ0) is 31.0. The van der Waals surface area contributed by atoms with Crippen molar-refractivity contribution in [1.29, 1.82) is 0 Å². The molecule has 0 radical (unpaired) electrons. The minimum absolute atomic E-state index is 0.00783. The van der Waals surface area contributed by atoms with Crippen LogP contribution in [0, 0.1) is 0 Å². The lowest BCUT2D eigenvalue weighted by molar-refractivity contribution is -0.132. The van der Waals surface area contributed by atoms with Gasteiger partial charge in [0.2, 0.25) is 5.13 Å². The number of halogens is 1. The van der Waals surface area contributed by atoms with Gasteiger partial charge in [0.15, 0.2) is 15.8 Å². The van der Waals surface area contributed by atoms with E-state index in [9.17, 15) is 14.7 Å². The number of ketones is 1. The van der Waals surface area contributed by atoms with Crippen LogP contribution in [-0.2, 0) is 21.8 Å². The molecule has 3 heterocycles. The molecule has 1 saturated heterocycles. The fraction of sp³-hybridized carbons (Fsp3) is 0.250. The van der Waals surface area contributed by atoms with Crippen LogP contribution in [-0.4, -0.2) is 46.8 Å². The van der Waals surface area contributed by atoms with Gasteiger partial charge in [0.1, 0.15) is 17.6 Å². The third-order valence-electron chi connectivity index (χ3n) is 7.29. The smallest absolute Gasteiger partial charge is 0.301 e. The highest BCUT2D eigenvalue weighted by atomic mass is 35.5. The van der Waals surface area contributed by atoms with Crippen molar-refractivity contribution in [3.8, 4) is 17.2 Å². The second kappa shape index (κ2) is 12.5. The molecule has 2 aliphatic rings. The molecule has 0 bridgehead atoms. The number of aliphatic hydroxyl groups excluding tert-OH is 1. The molecule has 2 aliphatic heterocycles. The van der Waals surface area contributed by atoms with E-state index in [1.165, 1.54) is 35.1 Å². The van der Waals surface area contributed by atoms with Crippen molar-refractivity contribution in [3.63, 3.8) is 0 Å². The number of aliphatic hydroxyl groups is 1. The van der Waals surface area contributed by atoms with E-state index < -0.39 is 17.7 Å². The number of ether oxygens (including phenoxy) is 3. The molecule has 9 nitrogen and oxygen atoms in total. The van der Waals surface area contributed by atoms with Crippen LogP contribution in [0.2, 0.25) is 5.02 Å². The maximum Gasteiger partial charge on any atom is 0.301 e. The Hall–Kier alpha value is -4.06. The van der Waals surface area contributed by atoms with E-state index in [0.717, 1.165) is 16.9 Å². The van der Waals surface area contributed by atoms with Crippen LogP contribution in [0.15, 0.2) is 70.6 Å². The number of carbonyl (C=O) groups is 2. The average molecular weight is 650 g/mol. The van der Waals surface area contributed by atoms with Crippen LogP contribution in [0.5, 0.6) is 17.2 Å². The van der Waals surface area contributed by atoms with Crippen molar-refractivity contribution in [2.75, 3.05) is 18.6 Å². The van der Waals surface area contributed by atoms with E-state index in [1.807, 2.05) is 38.1 Å². The third-order valence-corrected chi connectivity index (χ3v) is 9.67. The maximum absolute atomic E-state index is 13.7. The standard InChI is InChI=1S/C32H28ClN3O6S2/c1-4-41-24-12-7-19(15-25(24)40-3)27-26(28(37)20-8-11-23-21(14-20)13-17(2)42-23)29(38)30(39)36(27)31-34-35-32(44-31)43-16-18-5-9-22(33)10-6-18/h5-12,14-15,17,27,37H,4,13,16H2,1-3H3/b28-26+. The van der Waals surface area contributed by atoms with Gasteiger partial charge in [0.25, 0.3) is 5.78 Å². The number of hydrogen-bond acceptors (Lipinski definition) is 10.